The molecular formula is C24H25FN2O3S. The summed E-state index contributed by atoms with van der Waals surface area (Å²) in [5, 5.41) is 2.79. The van der Waals surface area contributed by atoms with Crippen molar-refractivity contribution >= 4 is 21.6 Å². The molecule has 0 unspecified atom stereocenters. The van der Waals surface area contributed by atoms with Crippen molar-refractivity contribution in [3.63, 3.8) is 0 Å². The minimum atomic E-state index is -3.50. The molecule has 3 rings (SSSR count). The molecule has 0 saturated carbocycles. The number of halogens is 1. The molecule has 0 fully saturated rings. The van der Waals surface area contributed by atoms with Crippen LogP contribution in [-0.4, -0.2) is 20.6 Å². The van der Waals surface area contributed by atoms with Crippen LogP contribution in [0.3, 0.4) is 0 Å². The normalized spacial score (nSPS) is 11.2. The van der Waals surface area contributed by atoms with E-state index in [9.17, 15) is 17.6 Å². The topological polar surface area (TPSA) is 66.5 Å². The summed E-state index contributed by atoms with van der Waals surface area (Å²) in [4.78, 5) is 12.4. The number of benzene rings is 3. The lowest BCUT2D eigenvalue weighted by atomic mass is 10.1. The molecule has 3 aromatic rings. The van der Waals surface area contributed by atoms with Crippen LogP contribution in [0.25, 0.3) is 0 Å². The number of hydrogen-bond acceptors (Lipinski definition) is 3. The Hall–Kier alpha value is -3.19. The van der Waals surface area contributed by atoms with E-state index in [-0.39, 0.29) is 24.8 Å². The fourth-order valence-electron chi connectivity index (χ4n) is 3.18. The molecule has 3 aromatic carbocycles. The van der Waals surface area contributed by atoms with E-state index in [0.29, 0.717) is 11.3 Å². The standard InChI is InChI=1S/C24H25FN2O3S/c1-17-4-5-18(2)23(14-17)27(31(3,29)30)16-20-6-10-21(11-7-20)24(28)26-15-19-8-12-22(25)13-9-19/h4-14H,15-16H2,1-3H3,(H,26,28). The fourth-order valence-corrected chi connectivity index (χ4v) is 4.12. The van der Waals surface area contributed by atoms with E-state index in [4.69, 9.17) is 0 Å². The SMILES string of the molecule is Cc1ccc(C)c(N(Cc2ccc(C(=O)NCc3ccc(F)cc3)cc2)S(C)(=O)=O)c1. The average Bonchev–Trinajstić information content (AvgIpc) is 2.73. The Morgan fingerprint density at radius 2 is 1.55 bits per heavy atom. The maximum Gasteiger partial charge on any atom is 0.251 e. The van der Waals surface area contributed by atoms with Gasteiger partial charge in [-0.05, 0) is 66.4 Å². The molecular weight excluding hydrogens is 415 g/mol. The summed E-state index contributed by atoms with van der Waals surface area (Å²) < 4.78 is 39.3. The van der Waals surface area contributed by atoms with E-state index < -0.39 is 10.0 Å². The van der Waals surface area contributed by atoms with E-state index in [1.54, 1.807) is 36.4 Å². The van der Waals surface area contributed by atoms with Crippen molar-refractivity contribution in [3.8, 4) is 0 Å². The van der Waals surface area contributed by atoms with Crippen molar-refractivity contribution in [2.45, 2.75) is 26.9 Å². The number of amides is 1. The number of carbonyl (C=O) groups excluding carboxylic acids is 1. The monoisotopic (exact) mass is 440 g/mol. The van der Waals surface area contributed by atoms with Crippen molar-refractivity contribution in [1.82, 2.24) is 5.32 Å². The Balaban J connectivity index is 1.72. The lowest BCUT2D eigenvalue weighted by molar-refractivity contribution is 0.0951. The summed E-state index contributed by atoms with van der Waals surface area (Å²) in [6, 6.07) is 18.4. The highest BCUT2D eigenvalue weighted by molar-refractivity contribution is 7.92. The van der Waals surface area contributed by atoms with Gasteiger partial charge in [-0.3, -0.25) is 9.10 Å². The Kier molecular flexibility index (Phi) is 6.75. The van der Waals surface area contributed by atoms with Gasteiger partial charge in [0.05, 0.1) is 18.5 Å². The van der Waals surface area contributed by atoms with Gasteiger partial charge < -0.3 is 5.32 Å². The summed E-state index contributed by atoms with van der Waals surface area (Å²) in [6.45, 7) is 4.25. The zero-order valence-electron chi connectivity index (χ0n) is 17.7. The first-order valence-electron chi connectivity index (χ1n) is 9.80. The minimum absolute atomic E-state index is 0.167. The van der Waals surface area contributed by atoms with Gasteiger partial charge in [0.2, 0.25) is 10.0 Å². The largest absolute Gasteiger partial charge is 0.348 e. The lowest BCUT2D eigenvalue weighted by Gasteiger charge is -2.25. The van der Waals surface area contributed by atoms with Crippen LogP contribution >= 0.6 is 0 Å². The molecule has 0 saturated heterocycles. The molecule has 0 radical (unpaired) electrons. The summed E-state index contributed by atoms with van der Waals surface area (Å²) in [5.74, 6) is -0.583. The molecule has 0 aliphatic rings. The third-order valence-electron chi connectivity index (χ3n) is 4.94. The minimum Gasteiger partial charge on any atom is -0.348 e. The predicted molar refractivity (Wildman–Crippen MR) is 121 cm³/mol. The molecule has 1 amide bonds. The maximum atomic E-state index is 13.0. The highest BCUT2D eigenvalue weighted by atomic mass is 32.2. The fraction of sp³-hybridized carbons (Fsp3) is 0.208. The summed E-state index contributed by atoms with van der Waals surface area (Å²) in [5.41, 5.74) is 4.51. The second-order valence-electron chi connectivity index (χ2n) is 7.57. The lowest BCUT2D eigenvalue weighted by Crippen LogP contribution is -2.30. The second kappa shape index (κ2) is 9.31. The molecule has 0 atom stereocenters. The molecule has 5 nitrogen and oxygen atoms in total. The Labute approximate surface area is 182 Å². The van der Waals surface area contributed by atoms with E-state index in [2.05, 4.69) is 5.32 Å². The zero-order chi connectivity index (χ0) is 22.6. The number of sulfonamides is 1. The third kappa shape index (κ3) is 5.92. The van der Waals surface area contributed by atoms with E-state index in [1.807, 2.05) is 32.0 Å². The van der Waals surface area contributed by atoms with Crippen LogP contribution < -0.4 is 9.62 Å². The van der Waals surface area contributed by atoms with Crippen LogP contribution in [0.15, 0.2) is 66.7 Å². The Bertz CT molecular complexity index is 1170. The van der Waals surface area contributed by atoms with E-state index >= 15 is 0 Å². The molecule has 1 N–H and O–H groups in total. The van der Waals surface area contributed by atoms with Crippen LogP contribution in [0, 0.1) is 19.7 Å². The number of carbonyl (C=O) groups is 1. The molecule has 0 aliphatic heterocycles. The van der Waals surface area contributed by atoms with Crippen molar-refractivity contribution in [3.05, 3.63) is 100 Å². The van der Waals surface area contributed by atoms with Gasteiger partial charge in [-0.15, -0.1) is 0 Å². The first kappa shape index (κ1) is 22.5. The Morgan fingerprint density at radius 3 is 2.16 bits per heavy atom. The van der Waals surface area contributed by atoms with Gasteiger partial charge in [0.25, 0.3) is 5.91 Å². The number of anilines is 1. The highest BCUT2D eigenvalue weighted by Gasteiger charge is 2.20. The van der Waals surface area contributed by atoms with Gasteiger partial charge in [0.15, 0.2) is 0 Å². The molecule has 162 valence electrons. The van der Waals surface area contributed by atoms with Gasteiger partial charge in [-0.1, -0.05) is 36.4 Å². The van der Waals surface area contributed by atoms with Gasteiger partial charge in [0.1, 0.15) is 5.82 Å². The van der Waals surface area contributed by atoms with Crippen molar-refractivity contribution in [1.29, 1.82) is 0 Å². The van der Waals surface area contributed by atoms with E-state index in [0.717, 1.165) is 22.3 Å². The summed E-state index contributed by atoms with van der Waals surface area (Å²) in [6.07, 6.45) is 1.19. The highest BCUT2D eigenvalue weighted by Crippen LogP contribution is 2.26. The predicted octanol–water partition coefficient (Wildman–Crippen LogP) is 4.34. The number of nitrogens with one attached hydrogen (secondary N) is 1. The molecule has 0 spiro atoms. The number of nitrogens with zero attached hydrogens (tertiary/aromatic N) is 1. The third-order valence-corrected chi connectivity index (χ3v) is 6.07. The van der Waals surface area contributed by atoms with Crippen LogP contribution in [0.4, 0.5) is 10.1 Å². The molecule has 0 aromatic heterocycles. The molecule has 31 heavy (non-hydrogen) atoms. The zero-order valence-corrected chi connectivity index (χ0v) is 18.5. The van der Waals surface area contributed by atoms with Crippen molar-refractivity contribution in [2.24, 2.45) is 0 Å². The van der Waals surface area contributed by atoms with Crippen LogP contribution in [0.5, 0.6) is 0 Å². The van der Waals surface area contributed by atoms with Gasteiger partial charge in [0, 0.05) is 12.1 Å². The maximum absolute atomic E-state index is 13.0. The molecule has 7 heteroatoms. The molecule has 0 aliphatic carbocycles. The average molecular weight is 441 g/mol. The van der Waals surface area contributed by atoms with Gasteiger partial charge in [-0.25, -0.2) is 12.8 Å². The number of rotatable bonds is 7. The second-order valence-corrected chi connectivity index (χ2v) is 9.47. The first-order chi connectivity index (χ1) is 14.6. The van der Waals surface area contributed by atoms with Crippen LogP contribution in [-0.2, 0) is 23.1 Å². The van der Waals surface area contributed by atoms with Gasteiger partial charge >= 0.3 is 0 Å². The quantitative estimate of drug-likeness (QED) is 0.594. The Morgan fingerprint density at radius 1 is 0.935 bits per heavy atom. The first-order valence-corrected chi connectivity index (χ1v) is 11.6. The van der Waals surface area contributed by atoms with Gasteiger partial charge in [-0.2, -0.15) is 0 Å². The van der Waals surface area contributed by atoms with Crippen molar-refractivity contribution in [2.75, 3.05) is 10.6 Å². The molecule has 0 bridgehead atoms. The number of aryl methyl sites for hydroxylation is 2. The smallest absolute Gasteiger partial charge is 0.251 e. The van der Waals surface area contributed by atoms with E-state index in [1.165, 1.54) is 22.7 Å². The summed E-state index contributed by atoms with van der Waals surface area (Å²) >= 11 is 0. The summed E-state index contributed by atoms with van der Waals surface area (Å²) in [7, 11) is -3.50. The number of hydrogen-bond donors (Lipinski definition) is 1. The van der Waals surface area contributed by atoms with Crippen LogP contribution in [0.1, 0.15) is 32.6 Å². The van der Waals surface area contributed by atoms with Crippen LogP contribution in [0.2, 0.25) is 0 Å². The molecule has 0 heterocycles. The van der Waals surface area contributed by atoms with Crippen molar-refractivity contribution < 1.29 is 17.6 Å².